The molecule has 0 spiro atoms. The second-order valence-corrected chi connectivity index (χ2v) is 9.30. The van der Waals surface area contributed by atoms with Crippen LogP contribution in [0.25, 0.3) is 0 Å². The smallest absolute Gasteiger partial charge is 0.251 e. The van der Waals surface area contributed by atoms with Gasteiger partial charge in [0.2, 0.25) is 5.91 Å². The fourth-order valence-electron chi connectivity index (χ4n) is 5.86. The van der Waals surface area contributed by atoms with Crippen LogP contribution in [-0.4, -0.2) is 28.1 Å². The summed E-state index contributed by atoms with van der Waals surface area (Å²) >= 11 is 0. The lowest BCUT2D eigenvalue weighted by atomic mass is 9.51. The number of hydrogen-bond acceptors (Lipinski definition) is 3. The van der Waals surface area contributed by atoms with E-state index in [1.807, 2.05) is 19.9 Å². The Morgan fingerprint density at radius 3 is 2.56 bits per heavy atom. The number of benzene rings is 1. The molecule has 3 atom stereocenters. The van der Waals surface area contributed by atoms with E-state index in [-0.39, 0.29) is 23.3 Å². The van der Waals surface area contributed by atoms with E-state index in [0.717, 1.165) is 32.1 Å². The second-order valence-electron chi connectivity index (χ2n) is 9.30. The molecule has 5 nitrogen and oxygen atoms in total. The van der Waals surface area contributed by atoms with E-state index in [2.05, 4.69) is 10.6 Å². The van der Waals surface area contributed by atoms with E-state index < -0.39 is 5.60 Å². The fourth-order valence-corrected chi connectivity index (χ4v) is 5.86. The minimum Gasteiger partial charge on any atom is -0.390 e. The van der Waals surface area contributed by atoms with Gasteiger partial charge in [-0.2, -0.15) is 0 Å². The molecule has 0 heterocycles. The van der Waals surface area contributed by atoms with Crippen LogP contribution in [0.4, 0.5) is 5.69 Å². The largest absolute Gasteiger partial charge is 0.390 e. The highest BCUT2D eigenvalue weighted by atomic mass is 16.3. The number of hydrogen-bond donors (Lipinski definition) is 3. The van der Waals surface area contributed by atoms with Gasteiger partial charge in [-0.25, -0.2) is 0 Å². The summed E-state index contributed by atoms with van der Waals surface area (Å²) in [5, 5.41) is 17.0. The van der Waals surface area contributed by atoms with Gasteiger partial charge in [0, 0.05) is 22.7 Å². The Bertz CT molecular complexity index is 746. The Morgan fingerprint density at radius 1 is 1.22 bits per heavy atom. The SMILES string of the molecule is CCC(C)C(=O)Nc1cccc(C(=O)NC23CC4CC(CC(O)(C4)C2)C3)c1. The molecular weight excluding hydrogens is 340 g/mol. The van der Waals surface area contributed by atoms with Gasteiger partial charge < -0.3 is 15.7 Å². The summed E-state index contributed by atoms with van der Waals surface area (Å²) < 4.78 is 0. The molecule has 5 rings (SSSR count). The lowest BCUT2D eigenvalue weighted by Crippen LogP contribution is -2.65. The van der Waals surface area contributed by atoms with Crippen LogP contribution < -0.4 is 10.6 Å². The van der Waals surface area contributed by atoms with Crippen LogP contribution in [0.15, 0.2) is 24.3 Å². The van der Waals surface area contributed by atoms with Gasteiger partial charge in [-0.15, -0.1) is 0 Å². The van der Waals surface area contributed by atoms with Crippen molar-refractivity contribution in [2.24, 2.45) is 17.8 Å². The standard InChI is InChI=1S/C22H30N2O3/c1-3-14(2)19(25)23-18-6-4-5-17(8-18)20(26)24-21-9-15-7-16(10-21)12-22(27,11-15)13-21/h4-6,8,14-16,27H,3,7,9-13H2,1-2H3,(H,23,25)(H,24,26). The van der Waals surface area contributed by atoms with E-state index in [4.69, 9.17) is 0 Å². The monoisotopic (exact) mass is 370 g/mol. The van der Waals surface area contributed by atoms with Crippen molar-refractivity contribution in [3.63, 3.8) is 0 Å². The lowest BCUT2D eigenvalue weighted by Gasteiger charge is -2.60. The maximum Gasteiger partial charge on any atom is 0.251 e. The maximum absolute atomic E-state index is 13.0. The molecule has 27 heavy (non-hydrogen) atoms. The molecule has 1 aromatic carbocycles. The van der Waals surface area contributed by atoms with Crippen LogP contribution in [0.3, 0.4) is 0 Å². The fraction of sp³-hybridized carbons (Fsp3) is 0.636. The van der Waals surface area contributed by atoms with Gasteiger partial charge in [-0.3, -0.25) is 9.59 Å². The average Bonchev–Trinajstić information content (AvgIpc) is 2.58. The van der Waals surface area contributed by atoms with Crippen molar-refractivity contribution in [3.05, 3.63) is 29.8 Å². The van der Waals surface area contributed by atoms with Crippen LogP contribution in [0.5, 0.6) is 0 Å². The molecular formula is C22H30N2O3. The summed E-state index contributed by atoms with van der Waals surface area (Å²) in [7, 11) is 0. The van der Waals surface area contributed by atoms with Gasteiger partial charge in [0.15, 0.2) is 0 Å². The zero-order valence-corrected chi connectivity index (χ0v) is 16.3. The number of nitrogens with one attached hydrogen (secondary N) is 2. The second kappa shape index (κ2) is 6.62. The van der Waals surface area contributed by atoms with Gasteiger partial charge in [0.1, 0.15) is 0 Å². The molecule has 4 aliphatic carbocycles. The first-order valence-electron chi connectivity index (χ1n) is 10.3. The topological polar surface area (TPSA) is 78.4 Å². The van der Waals surface area contributed by atoms with E-state index in [0.29, 0.717) is 29.5 Å². The van der Waals surface area contributed by atoms with Crippen molar-refractivity contribution >= 4 is 17.5 Å². The number of amides is 2. The van der Waals surface area contributed by atoms with Crippen molar-refractivity contribution in [2.75, 3.05) is 5.32 Å². The number of carbonyl (C=O) groups excluding carboxylic acids is 2. The van der Waals surface area contributed by atoms with Crippen LogP contribution in [0.1, 0.15) is 69.2 Å². The predicted octanol–water partition coefficient (Wildman–Crippen LogP) is 3.48. The van der Waals surface area contributed by atoms with Crippen molar-refractivity contribution in [1.29, 1.82) is 0 Å². The minimum atomic E-state index is -0.594. The molecule has 4 bridgehead atoms. The van der Waals surface area contributed by atoms with Crippen molar-refractivity contribution < 1.29 is 14.7 Å². The Kier molecular flexibility index (Phi) is 4.53. The summed E-state index contributed by atoms with van der Waals surface area (Å²) in [6.07, 6.45) is 6.36. The van der Waals surface area contributed by atoms with E-state index >= 15 is 0 Å². The van der Waals surface area contributed by atoms with Gasteiger partial charge in [0.25, 0.3) is 5.91 Å². The third-order valence-corrected chi connectivity index (χ3v) is 6.86. The van der Waals surface area contributed by atoms with Crippen molar-refractivity contribution in [2.45, 2.75) is 69.9 Å². The lowest BCUT2D eigenvalue weighted by molar-refractivity contribution is -0.139. The Hall–Kier alpha value is -1.88. The molecule has 0 radical (unpaired) electrons. The highest BCUT2D eigenvalue weighted by Gasteiger charge is 2.57. The summed E-state index contributed by atoms with van der Waals surface area (Å²) in [5.41, 5.74) is 0.340. The van der Waals surface area contributed by atoms with Crippen LogP contribution >= 0.6 is 0 Å². The molecule has 4 aliphatic rings. The van der Waals surface area contributed by atoms with Crippen molar-refractivity contribution in [1.82, 2.24) is 5.32 Å². The molecule has 0 saturated heterocycles. The zero-order valence-electron chi connectivity index (χ0n) is 16.3. The Morgan fingerprint density at radius 2 is 1.93 bits per heavy atom. The van der Waals surface area contributed by atoms with E-state index in [1.165, 1.54) is 6.42 Å². The zero-order chi connectivity index (χ0) is 19.2. The molecule has 2 amide bonds. The number of anilines is 1. The Labute approximate surface area is 160 Å². The molecule has 146 valence electrons. The van der Waals surface area contributed by atoms with Crippen molar-refractivity contribution in [3.8, 4) is 0 Å². The van der Waals surface area contributed by atoms with Crippen LogP contribution in [0.2, 0.25) is 0 Å². The van der Waals surface area contributed by atoms with Gasteiger partial charge in [0.05, 0.1) is 5.60 Å². The van der Waals surface area contributed by atoms with Crippen LogP contribution in [-0.2, 0) is 4.79 Å². The summed E-state index contributed by atoms with van der Waals surface area (Å²) in [6, 6.07) is 7.13. The maximum atomic E-state index is 13.0. The van der Waals surface area contributed by atoms with Gasteiger partial charge in [-0.1, -0.05) is 19.9 Å². The first-order valence-corrected chi connectivity index (χ1v) is 10.3. The first kappa shape index (κ1) is 18.5. The summed E-state index contributed by atoms with van der Waals surface area (Å²) in [6.45, 7) is 3.87. The Balaban J connectivity index is 1.47. The average molecular weight is 370 g/mol. The number of rotatable bonds is 5. The van der Waals surface area contributed by atoms with E-state index in [9.17, 15) is 14.7 Å². The minimum absolute atomic E-state index is 0.0293. The molecule has 0 aromatic heterocycles. The quantitative estimate of drug-likeness (QED) is 0.742. The molecule has 4 fully saturated rings. The highest BCUT2D eigenvalue weighted by Crippen LogP contribution is 2.57. The third kappa shape index (κ3) is 3.62. The molecule has 5 heteroatoms. The molecule has 0 aliphatic heterocycles. The highest BCUT2D eigenvalue weighted by molar-refractivity contribution is 5.98. The van der Waals surface area contributed by atoms with Gasteiger partial charge >= 0.3 is 0 Å². The molecule has 3 N–H and O–H groups in total. The van der Waals surface area contributed by atoms with E-state index in [1.54, 1.807) is 18.2 Å². The van der Waals surface area contributed by atoms with Gasteiger partial charge in [-0.05, 0) is 75.0 Å². The van der Waals surface area contributed by atoms with Crippen LogP contribution in [0, 0.1) is 17.8 Å². The molecule has 1 aromatic rings. The summed E-state index contributed by atoms with van der Waals surface area (Å²) in [4.78, 5) is 25.1. The third-order valence-electron chi connectivity index (χ3n) is 6.86. The molecule has 4 saturated carbocycles. The summed E-state index contributed by atoms with van der Waals surface area (Å²) in [5.74, 6) is 0.851. The number of aliphatic hydroxyl groups is 1. The predicted molar refractivity (Wildman–Crippen MR) is 104 cm³/mol. The normalized spacial score (nSPS) is 34.9. The molecule has 3 unspecified atom stereocenters. The number of carbonyl (C=O) groups is 2. The first-order chi connectivity index (χ1) is 12.8.